The minimum absolute atomic E-state index is 0.0775. The Hall–Kier alpha value is -3.78. The van der Waals surface area contributed by atoms with E-state index in [1.54, 1.807) is 54.6 Å². The van der Waals surface area contributed by atoms with E-state index in [1.165, 1.54) is 0 Å². The first-order valence-electron chi connectivity index (χ1n) is 11.3. The predicted octanol–water partition coefficient (Wildman–Crippen LogP) is 6.99. The molecule has 0 fully saturated rings. The van der Waals surface area contributed by atoms with Crippen molar-refractivity contribution in [2.45, 2.75) is 24.8 Å². The first-order valence-corrected chi connectivity index (χ1v) is 12.9. The molecule has 40 heavy (non-hydrogen) atoms. The molecule has 1 heterocycles. The van der Waals surface area contributed by atoms with Crippen LogP contribution in [0.25, 0.3) is 10.6 Å². The van der Waals surface area contributed by atoms with E-state index in [9.17, 15) is 35.9 Å². The van der Waals surface area contributed by atoms with Crippen LogP contribution in [0.3, 0.4) is 0 Å². The molecule has 14 heteroatoms. The molecule has 0 saturated carbocycles. The molecule has 0 bridgehead atoms. The number of nitrogens with one attached hydrogen (secondary N) is 2. The summed E-state index contributed by atoms with van der Waals surface area (Å²) in [5.74, 6) is -2.08. The van der Waals surface area contributed by atoms with Crippen LogP contribution in [0.1, 0.15) is 27.0 Å². The highest BCUT2D eigenvalue weighted by molar-refractivity contribution is 9.10. The third-order valence-electron chi connectivity index (χ3n) is 5.50. The fraction of sp³-hybridized carbons (Fsp3) is 0.154. The van der Waals surface area contributed by atoms with Gasteiger partial charge in [0.1, 0.15) is 11.0 Å². The first-order chi connectivity index (χ1) is 18.8. The summed E-state index contributed by atoms with van der Waals surface area (Å²) >= 11 is 4.36. The lowest BCUT2D eigenvalue weighted by molar-refractivity contribution is -0.143. The first kappa shape index (κ1) is 29.2. The van der Waals surface area contributed by atoms with E-state index in [-0.39, 0.29) is 17.6 Å². The summed E-state index contributed by atoms with van der Waals surface area (Å²) in [6.07, 6.45) is -10.4. The second kappa shape index (κ2) is 11.8. The van der Waals surface area contributed by atoms with Gasteiger partial charge in [0, 0.05) is 22.0 Å². The number of amides is 2. The van der Waals surface area contributed by atoms with Crippen LogP contribution in [-0.4, -0.2) is 28.1 Å². The van der Waals surface area contributed by atoms with Crippen molar-refractivity contribution in [3.05, 3.63) is 99.5 Å². The quantitative estimate of drug-likeness (QED) is 0.213. The third kappa shape index (κ3) is 7.45. The maximum Gasteiger partial charge on any atom is 0.416 e. The molecule has 1 unspecified atom stereocenters. The van der Waals surface area contributed by atoms with Gasteiger partial charge in [0.15, 0.2) is 0 Å². The molecule has 0 saturated heterocycles. The molecule has 2 N–H and O–H groups in total. The van der Waals surface area contributed by atoms with E-state index in [1.807, 2.05) is 0 Å². The number of alkyl halides is 6. The van der Waals surface area contributed by atoms with Crippen LogP contribution in [0.4, 0.5) is 31.5 Å². The lowest BCUT2D eigenvalue weighted by Gasteiger charge is -2.19. The standard InChI is InChI=1S/C26H17BrF6N4O2S/c27-19-8-6-15(7-9-19)23-36-37-24(40-23)35-22(39)20(10-14-4-2-1-3-5-14)34-21(38)16-11-17(25(28,29)30)13-18(12-16)26(31,32)33/h1-9,11-13,20H,10H2,(H,34,38)(H,35,37,39). The second-order valence-corrected chi connectivity index (χ2v) is 10.3. The van der Waals surface area contributed by atoms with Gasteiger partial charge in [0.2, 0.25) is 11.0 Å². The van der Waals surface area contributed by atoms with Gasteiger partial charge in [0.05, 0.1) is 11.1 Å². The molecular formula is C26H17BrF6N4O2S. The van der Waals surface area contributed by atoms with E-state index in [2.05, 4.69) is 36.8 Å². The minimum atomic E-state index is -5.14. The average Bonchev–Trinajstić information content (AvgIpc) is 3.36. The molecule has 6 nitrogen and oxygen atoms in total. The number of carbonyl (C=O) groups is 2. The van der Waals surface area contributed by atoms with Crippen molar-refractivity contribution in [1.29, 1.82) is 0 Å². The van der Waals surface area contributed by atoms with E-state index < -0.39 is 46.9 Å². The smallest absolute Gasteiger partial charge is 0.340 e. The average molecular weight is 643 g/mol. The Morgan fingerprint density at radius 1 is 0.850 bits per heavy atom. The van der Waals surface area contributed by atoms with Gasteiger partial charge in [-0.2, -0.15) is 26.3 Å². The highest BCUT2D eigenvalue weighted by Gasteiger charge is 2.38. The Bertz CT molecular complexity index is 1480. The van der Waals surface area contributed by atoms with Gasteiger partial charge in [-0.25, -0.2) is 0 Å². The van der Waals surface area contributed by atoms with Gasteiger partial charge in [-0.05, 0) is 35.9 Å². The highest BCUT2D eigenvalue weighted by Crippen LogP contribution is 2.36. The monoisotopic (exact) mass is 642 g/mol. The fourth-order valence-electron chi connectivity index (χ4n) is 3.56. The minimum Gasteiger partial charge on any atom is -0.340 e. The zero-order chi connectivity index (χ0) is 29.1. The van der Waals surface area contributed by atoms with Crippen LogP contribution in [0.5, 0.6) is 0 Å². The van der Waals surface area contributed by atoms with E-state index in [0.717, 1.165) is 21.4 Å². The van der Waals surface area contributed by atoms with Crippen molar-refractivity contribution in [2.75, 3.05) is 5.32 Å². The Balaban J connectivity index is 1.60. The van der Waals surface area contributed by atoms with Gasteiger partial charge >= 0.3 is 12.4 Å². The van der Waals surface area contributed by atoms with Crippen LogP contribution in [0, 0.1) is 0 Å². The molecule has 3 aromatic carbocycles. The van der Waals surface area contributed by atoms with Gasteiger partial charge in [-0.1, -0.05) is 69.7 Å². The summed E-state index contributed by atoms with van der Waals surface area (Å²) in [5, 5.41) is 13.3. The summed E-state index contributed by atoms with van der Waals surface area (Å²) in [5.41, 5.74) is -2.89. The number of halogens is 7. The molecule has 0 aliphatic carbocycles. The van der Waals surface area contributed by atoms with Crippen molar-refractivity contribution in [3.8, 4) is 10.6 Å². The summed E-state index contributed by atoms with van der Waals surface area (Å²) in [4.78, 5) is 26.1. The Labute approximate surface area is 235 Å². The topological polar surface area (TPSA) is 84.0 Å². The number of anilines is 1. The van der Waals surface area contributed by atoms with Crippen molar-refractivity contribution in [2.24, 2.45) is 0 Å². The third-order valence-corrected chi connectivity index (χ3v) is 6.92. The summed E-state index contributed by atoms with van der Waals surface area (Å²) in [6.45, 7) is 0. The molecule has 4 rings (SSSR count). The number of benzene rings is 3. The van der Waals surface area contributed by atoms with Gasteiger partial charge in [-0.15, -0.1) is 10.2 Å². The van der Waals surface area contributed by atoms with Gasteiger partial charge < -0.3 is 5.32 Å². The Kier molecular flexibility index (Phi) is 8.59. The van der Waals surface area contributed by atoms with E-state index in [0.29, 0.717) is 22.7 Å². The number of nitrogens with zero attached hydrogens (tertiary/aromatic N) is 2. The molecule has 0 spiro atoms. The van der Waals surface area contributed by atoms with Crippen LogP contribution in [-0.2, 0) is 23.6 Å². The molecular weight excluding hydrogens is 626 g/mol. The van der Waals surface area contributed by atoms with Crippen LogP contribution >= 0.6 is 27.3 Å². The van der Waals surface area contributed by atoms with Crippen LogP contribution in [0.2, 0.25) is 0 Å². The van der Waals surface area contributed by atoms with Crippen molar-refractivity contribution < 1.29 is 35.9 Å². The van der Waals surface area contributed by atoms with Crippen LogP contribution in [0.15, 0.2) is 77.3 Å². The molecule has 4 aromatic rings. The maximum atomic E-state index is 13.3. The lowest BCUT2D eigenvalue weighted by atomic mass is 10.0. The van der Waals surface area contributed by atoms with E-state index in [4.69, 9.17) is 0 Å². The Morgan fingerprint density at radius 2 is 1.45 bits per heavy atom. The van der Waals surface area contributed by atoms with Gasteiger partial charge in [0.25, 0.3) is 5.91 Å². The van der Waals surface area contributed by atoms with Crippen molar-refractivity contribution in [3.63, 3.8) is 0 Å². The number of aromatic nitrogens is 2. The molecule has 0 radical (unpaired) electrons. The molecule has 0 aliphatic heterocycles. The second-order valence-electron chi connectivity index (χ2n) is 8.42. The zero-order valence-corrected chi connectivity index (χ0v) is 22.4. The number of carbonyl (C=O) groups excluding carboxylic acids is 2. The normalized spacial score (nSPS) is 12.6. The summed E-state index contributed by atoms with van der Waals surface area (Å²) < 4.78 is 80.6. The summed E-state index contributed by atoms with van der Waals surface area (Å²) in [7, 11) is 0. The SMILES string of the molecule is O=C(NC(Cc1ccccc1)C(=O)Nc1nnc(-c2ccc(Br)cc2)s1)c1cc(C(F)(F)F)cc(C(F)(F)F)c1. The number of hydrogen-bond acceptors (Lipinski definition) is 5. The zero-order valence-electron chi connectivity index (χ0n) is 20.0. The maximum absolute atomic E-state index is 13.3. The van der Waals surface area contributed by atoms with Crippen LogP contribution < -0.4 is 10.6 Å². The Morgan fingerprint density at radius 3 is 2.02 bits per heavy atom. The number of hydrogen-bond donors (Lipinski definition) is 2. The van der Waals surface area contributed by atoms with E-state index >= 15 is 0 Å². The largest absolute Gasteiger partial charge is 0.416 e. The molecule has 0 aliphatic rings. The molecule has 1 atom stereocenters. The van der Waals surface area contributed by atoms with Crippen molar-refractivity contribution >= 4 is 44.2 Å². The lowest BCUT2D eigenvalue weighted by Crippen LogP contribution is -2.45. The molecule has 208 valence electrons. The van der Waals surface area contributed by atoms with Gasteiger partial charge in [-0.3, -0.25) is 14.9 Å². The highest BCUT2D eigenvalue weighted by atomic mass is 79.9. The number of rotatable bonds is 7. The molecule has 2 amide bonds. The summed E-state index contributed by atoms with van der Waals surface area (Å²) in [6, 6.07) is 14.6. The fourth-order valence-corrected chi connectivity index (χ4v) is 4.58. The predicted molar refractivity (Wildman–Crippen MR) is 140 cm³/mol. The molecule has 1 aromatic heterocycles. The van der Waals surface area contributed by atoms with Crippen molar-refractivity contribution in [1.82, 2.24) is 15.5 Å².